The van der Waals surface area contributed by atoms with Crippen LogP contribution >= 0.6 is 0 Å². The number of piperazine rings is 1. The average Bonchev–Trinajstić information content (AvgIpc) is 3.75. The van der Waals surface area contributed by atoms with Crippen LogP contribution in [0.1, 0.15) is 68.4 Å². The van der Waals surface area contributed by atoms with Gasteiger partial charge in [-0.25, -0.2) is 9.78 Å². The number of benzene rings is 1. The van der Waals surface area contributed by atoms with Crippen molar-refractivity contribution >= 4 is 23.9 Å². The van der Waals surface area contributed by atoms with Crippen molar-refractivity contribution in [3.63, 3.8) is 0 Å². The lowest BCUT2D eigenvalue weighted by atomic mass is 10.0. The number of carbonyl (C=O) groups is 4. The predicted octanol–water partition coefficient (Wildman–Crippen LogP) is 3.67. The molecule has 1 aliphatic carbocycles. The van der Waals surface area contributed by atoms with Gasteiger partial charge in [-0.05, 0) is 63.6 Å². The van der Waals surface area contributed by atoms with Crippen molar-refractivity contribution in [1.82, 2.24) is 20.1 Å². The summed E-state index contributed by atoms with van der Waals surface area (Å²) >= 11 is 0. The molecule has 2 aliphatic rings. The first kappa shape index (κ1) is 28.1. The van der Waals surface area contributed by atoms with Gasteiger partial charge >= 0.3 is 12.1 Å². The van der Waals surface area contributed by atoms with Gasteiger partial charge in [0.05, 0.1) is 5.69 Å². The van der Waals surface area contributed by atoms with Crippen LogP contribution in [0, 0.1) is 0 Å². The van der Waals surface area contributed by atoms with E-state index in [1.165, 1.54) is 9.80 Å². The minimum Gasteiger partial charge on any atom is -0.465 e. The van der Waals surface area contributed by atoms with Gasteiger partial charge in [0.2, 0.25) is 5.91 Å². The highest BCUT2D eigenvalue weighted by Gasteiger charge is 2.32. The minimum absolute atomic E-state index is 0.0481. The van der Waals surface area contributed by atoms with Crippen LogP contribution in [0.5, 0.6) is 0 Å². The van der Waals surface area contributed by atoms with Gasteiger partial charge in [-0.2, -0.15) is 0 Å². The van der Waals surface area contributed by atoms with E-state index in [-0.39, 0.29) is 50.6 Å². The van der Waals surface area contributed by atoms with E-state index in [1.54, 1.807) is 26.8 Å². The maximum Gasteiger partial charge on any atom is 0.407 e. The van der Waals surface area contributed by atoms with Crippen molar-refractivity contribution in [3.05, 3.63) is 53.7 Å². The molecule has 1 atom stereocenters. The highest BCUT2D eigenvalue weighted by molar-refractivity contribution is 5.97. The van der Waals surface area contributed by atoms with E-state index < -0.39 is 29.6 Å². The summed E-state index contributed by atoms with van der Waals surface area (Å²) in [7, 11) is 0. The van der Waals surface area contributed by atoms with E-state index in [1.807, 2.05) is 36.4 Å². The minimum atomic E-state index is -1.03. The average molecular weight is 537 g/mol. The van der Waals surface area contributed by atoms with Crippen LogP contribution in [-0.4, -0.2) is 81.6 Å². The molecule has 1 aliphatic heterocycles. The second kappa shape index (κ2) is 11.8. The van der Waals surface area contributed by atoms with Gasteiger partial charge in [-0.15, -0.1) is 0 Å². The smallest absolute Gasteiger partial charge is 0.407 e. The Bertz CT molecular complexity index is 1210. The van der Waals surface area contributed by atoms with Gasteiger partial charge in [0.25, 0.3) is 5.91 Å². The summed E-state index contributed by atoms with van der Waals surface area (Å²) in [5.74, 6) is -0.942. The number of rotatable bonds is 8. The van der Waals surface area contributed by atoms with Gasteiger partial charge in [0.1, 0.15) is 17.3 Å². The predicted molar refractivity (Wildman–Crippen MR) is 144 cm³/mol. The number of pyridine rings is 1. The second-order valence-electron chi connectivity index (χ2n) is 11.1. The number of hydrogen-bond acceptors (Lipinski definition) is 6. The monoisotopic (exact) mass is 536 g/mol. The van der Waals surface area contributed by atoms with Crippen molar-refractivity contribution in [1.29, 1.82) is 0 Å². The van der Waals surface area contributed by atoms with E-state index in [2.05, 4.69) is 10.3 Å². The lowest BCUT2D eigenvalue weighted by Crippen LogP contribution is -2.55. The molecular formula is C29H36N4O6. The molecular weight excluding hydrogens is 500 g/mol. The number of aromatic nitrogens is 1. The fourth-order valence-corrected chi connectivity index (χ4v) is 4.56. The lowest BCUT2D eigenvalue weighted by Gasteiger charge is -2.35. The lowest BCUT2D eigenvalue weighted by molar-refractivity contribution is -0.155. The summed E-state index contributed by atoms with van der Waals surface area (Å²) in [5.41, 5.74) is 2.16. The normalized spacial score (nSPS) is 16.4. The molecule has 3 amide bonds. The summed E-state index contributed by atoms with van der Waals surface area (Å²) in [6.45, 7) is 6.06. The Labute approximate surface area is 228 Å². The largest absolute Gasteiger partial charge is 0.465 e. The molecule has 4 rings (SSSR count). The van der Waals surface area contributed by atoms with E-state index in [9.17, 15) is 24.3 Å². The summed E-state index contributed by atoms with van der Waals surface area (Å²) in [6.07, 6.45) is 1.06. The standard InChI is InChI=1S/C29H36N4O6/c1-29(2,3)39-25(34)12-11-22(27(36)32-13-15-33(16-14-32)28(37)38)31-26(35)24-18-21(19-9-10-19)17-23(30-24)20-7-5-4-6-8-20/h4-8,17-19,22H,9-16H2,1-3H3,(H,31,35)(H,37,38)/t22-/m0/s1. The van der Waals surface area contributed by atoms with Crippen LogP contribution in [-0.2, 0) is 14.3 Å². The maximum atomic E-state index is 13.5. The molecule has 0 spiro atoms. The van der Waals surface area contributed by atoms with Gasteiger partial charge < -0.3 is 25.0 Å². The molecule has 10 heteroatoms. The number of carbonyl (C=O) groups excluding carboxylic acids is 3. The molecule has 2 fully saturated rings. The maximum absolute atomic E-state index is 13.5. The molecule has 1 saturated heterocycles. The molecule has 39 heavy (non-hydrogen) atoms. The number of nitrogens with one attached hydrogen (secondary N) is 1. The van der Waals surface area contributed by atoms with Crippen molar-refractivity contribution in [2.75, 3.05) is 26.2 Å². The highest BCUT2D eigenvalue weighted by atomic mass is 16.6. The number of esters is 1. The molecule has 2 aromatic rings. The fraction of sp³-hybridized carbons (Fsp3) is 0.483. The third kappa shape index (κ3) is 7.78. The number of ether oxygens (including phenoxy) is 1. The molecule has 10 nitrogen and oxygen atoms in total. The number of nitrogens with zero attached hydrogens (tertiary/aromatic N) is 3. The van der Waals surface area contributed by atoms with Crippen molar-refractivity contribution in [3.8, 4) is 11.3 Å². The number of carboxylic acid groups (broad SMARTS) is 1. The Morgan fingerprint density at radius 2 is 1.67 bits per heavy atom. The number of hydrogen-bond donors (Lipinski definition) is 2. The second-order valence-corrected chi connectivity index (χ2v) is 11.1. The first-order valence-corrected chi connectivity index (χ1v) is 13.4. The Balaban J connectivity index is 1.53. The topological polar surface area (TPSA) is 129 Å². The van der Waals surface area contributed by atoms with Gasteiger partial charge in [0, 0.05) is 38.2 Å². The van der Waals surface area contributed by atoms with E-state index in [0.717, 1.165) is 24.0 Å². The Morgan fingerprint density at radius 1 is 1.03 bits per heavy atom. The van der Waals surface area contributed by atoms with E-state index in [4.69, 9.17) is 4.74 Å². The summed E-state index contributed by atoms with van der Waals surface area (Å²) in [6, 6.07) is 12.4. The Morgan fingerprint density at radius 3 is 2.26 bits per heavy atom. The van der Waals surface area contributed by atoms with Crippen LogP contribution in [0.25, 0.3) is 11.3 Å². The fourth-order valence-electron chi connectivity index (χ4n) is 4.56. The Kier molecular flexibility index (Phi) is 8.52. The zero-order chi connectivity index (χ0) is 28.2. The van der Waals surface area contributed by atoms with Crippen LogP contribution in [0.2, 0.25) is 0 Å². The van der Waals surface area contributed by atoms with Crippen molar-refractivity contribution in [2.45, 2.75) is 64.0 Å². The molecule has 2 heterocycles. The zero-order valence-corrected chi connectivity index (χ0v) is 22.7. The van der Waals surface area contributed by atoms with Crippen molar-refractivity contribution in [2.24, 2.45) is 0 Å². The van der Waals surface area contributed by atoms with Crippen molar-refractivity contribution < 1.29 is 29.0 Å². The Hall–Kier alpha value is -3.95. The molecule has 208 valence electrons. The summed E-state index contributed by atoms with van der Waals surface area (Å²) < 4.78 is 5.40. The third-order valence-corrected chi connectivity index (χ3v) is 6.72. The molecule has 0 unspecified atom stereocenters. The summed E-state index contributed by atoms with van der Waals surface area (Å²) in [4.78, 5) is 58.1. The van der Waals surface area contributed by atoms with E-state index >= 15 is 0 Å². The van der Waals surface area contributed by atoms with Crippen LogP contribution in [0.4, 0.5) is 4.79 Å². The van der Waals surface area contributed by atoms with Gasteiger partial charge in [0.15, 0.2) is 0 Å². The van der Waals surface area contributed by atoms with Crippen LogP contribution < -0.4 is 5.32 Å². The quantitative estimate of drug-likeness (QED) is 0.493. The van der Waals surface area contributed by atoms with Crippen LogP contribution in [0.15, 0.2) is 42.5 Å². The van der Waals surface area contributed by atoms with Gasteiger partial charge in [-0.1, -0.05) is 30.3 Å². The first-order chi connectivity index (χ1) is 18.5. The summed E-state index contributed by atoms with van der Waals surface area (Å²) in [5, 5.41) is 12.1. The third-order valence-electron chi connectivity index (χ3n) is 6.72. The zero-order valence-electron chi connectivity index (χ0n) is 22.7. The van der Waals surface area contributed by atoms with E-state index in [0.29, 0.717) is 11.6 Å². The molecule has 1 aromatic heterocycles. The first-order valence-electron chi connectivity index (χ1n) is 13.4. The SMILES string of the molecule is CC(C)(C)OC(=O)CC[C@H](NC(=O)c1cc(C2CC2)cc(-c2ccccc2)n1)C(=O)N1CCN(C(=O)O)CC1. The molecule has 0 bridgehead atoms. The van der Waals surface area contributed by atoms with Gasteiger partial charge in [-0.3, -0.25) is 14.4 Å². The molecule has 2 N–H and O–H groups in total. The van der Waals surface area contributed by atoms with Crippen LogP contribution in [0.3, 0.4) is 0 Å². The molecule has 1 aromatic carbocycles. The number of amides is 3. The highest BCUT2D eigenvalue weighted by Crippen LogP contribution is 2.41. The molecule has 0 radical (unpaired) electrons. The molecule has 1 saturated carbocycles.